The summed E-state index contributed by atoms with van der Waals surface area (Å²) in [7, 11) is 0. The molecule has 112 valence electrons. The van der Waals surface area contributed by atoms with Crippen LogP contribution in [0.2, 0.25) is 0 Å². The number of nitrogens with zero attached hydrogens (tertiary/aromatic N) is 2. The lowest BCUT2D eigenvalue weighted by molar-refractivity contribution is -0.384. The standard InChI is InChI=1S/C14H12N4O4/c15-11-3-1-9(2-4-11)14(20)17-16-8-10-7-12(18(21)22)5-6-13(10)19/h1-8,19H,15H2,(H,17,20). The number of phenols is 1. The third kappa shape index (κ3) is 3.57. The maximum Gasteiger partial charge on any atom is 0.271 e. The van der Waals surface area contributed by atoms with Crippen LogP contribution in [0.1, 0.15) is 15.9 Å². The number of carbonyl (C=O) groups is 1. The molecular formula is C14H12N4O4. The van der Waals surface area contributed by atoms with E-state index in [-0.39, 0.29) is 17.0 Å². The van der Waals surface area contributed by atoms with Crippen LogP contribution >= 0.6 is 0 Å². The zero-order valence-corrected chi connectivity index (χ0v) is 11.3. The Morgan fingerprint density at radius 1 is 1.27 bits per heavy atom. The van der Waals surface area contributed by atoms with Crippen molar-refractivity contribution in [2.45, 2.75) is 0 Å². The Hall–Kier alpha value is -3.42. The molecule has 2 aromatic carbocycles. The molecule has 8 heteroatoms. The Labute approximate surface area is 125 Å². The zero-order valence-electron chi connectivity index (χ0n) is 11.3. The Morgan fingerprint density at radius 2 is 1.95 bits per heavy atom. The van der Waals surface area contributed by atoms with Gasteiger partial charge in [-0.2, -0.15) is 5.10 Å². The fourth-order valence-corrected chi connectivity index (χ4v) is 1.62. The van der Waals surface area contributed by atoms with Crippen molar-refractivity contribution in [2.24, 2.45) is 5.10 Å². The number of nitro benzene ring substituents is 1. The summed E-state index contributed by atoms with van der Waals surface area (Å²) in [6.45, 7) is 0. The monoisotopic (exact) mass is 300 g/mol. The number of hydrogen-bond acceptors (Lipinski definition) is 6. The van der Waals surface area contributed by atoms with E-state index in [1.54, 1.807) is 12.1 Å². The number of amides is 1. The fraction of sp³-hybridized carbons (Fsp3) is 0. The van der Waals surface area contributed by atoms with Crippen LogP contribution < -0.4 is 11.2 Å². The average molecular weight is 300 g/mol. The molecule has 4 N–H and O–H groups in total. The largest absolute Gasteiger partial charge is 0.507 e. The van der Waals surface area contributed by atoms with Crippen LogP contribution in [0.4, 0.5) is 11.4 Å². The number of hydrazone groups is 1. The number of rotatable bonds is 4. The third-order valence-corrected chi connectivity index (χ3v) is 2.76. The normalized spacial score (nSPS) is 10.5. The van der Waals surface area contributed by atoms with Crippen LogP contribution in [-0.4, -0.2) is 22.2 Å². The molecule has 0 aliphatic carbocycles. The highest BCUT2D eigenvalue weighted by Gasteiger charge is 2.09. The van der Waals surface area contributed by atoms with Crippen molar-refractivity contribution in [3.8, 4) is 5.75 Å². The van der Waals surface area contributed by atoms with Gasteiger partial charge in [0.2, 0.25) is 0 Å². The number of nitrogen functional groups attached to an aromatic ring is 1. The summed E-state index contributed by atoms with van der Waals surface area (Å²) in [6, 6.07) is 9.71. The van der Waals surface area contributed by atoms with Gasteiger partial charge in [0, 0.05) is 28.9 Å². The van der Waals surface area contributed by atoms with E-state index in [1.807, 2.05) is 0 Å². The molecule has 0 atom stereocenters. The van der Waals surface area contributed by atoms with Crippen molar-refractivity contribution in [1.29, 1.82) is 0 Å². The molecule has 0 saturated carbocycles. The molecule has 2 aromatic rings. The van der Waals surface area contributed by atoms with Gasteiger partial charge < -0.3 is 10.8 Å². The molecule has 1 amide bonds. The topological polar surface area (TPSA) is 131 Å². The Kier molecular flexibility index (Phi) is 4.33. The number of nitro groups is 1. The molecule has 0 spiro atoms. The maximum atomic E-state index is 11.8. The van der Waals surface area contributed by atoms with Crippen LogP contribution in [0, 0.1) is 10.1 Å². The quantitative estimate of drug-likeness (QED) is 0.342. The molecule has 0 aromatic heterocycles. The highest BCUT2D eigenvalue weighted by molar-refractivity contribution is 5.95. The van der Waals surface area contributed by atoms with E-state index in [0.29, 0.717) is 11.3 Å². The molecule has 22 heavy (non-hydrogen) atoms. The third-order valence-electron chi connectivity index (χ3n) is 2.76. The number of nitrogens with one attached hydrogen (secondary N) is 1. The number of carbonyl (C=O) groups excluding carboxylic acids is 1. The predicted molar refractivity (Wildman–Crippen MR) is 80.7 cm³/mol. The number of phenolic OH excluding ortho intramolecular Hbond substituents is 1. The van der Waals surface area contributed by atoms with Gasteiger partial charge in [-0.05, 0) is 30.3 Å². The summed E-state index contributed by atoms with van der Waals surface area (Å²) in [5.41, 5.74) is 8.58. The van der Waals surface area contributed by atoms with E-state index < -0.39 is 10.8 Å². The summed E-state index contributed by atoms with van der Waals surface area (Å²) in [6.07, 6.45) is 1.12. The van der Waals surface area contributed by atoms with Crippen LogP contribution in [0.5, 0.6) is 5.75 Å². The predicted octanol–water partition coefficient (Wildman–Crippen LogP) is 1.65. The summed E-state index contributed by atoms with van der Waals surface area (Å²) in [4.78, 5) is 21.8. The van der Waals surface area contributed by atoms with Crippen LogP contribution in [0.3, 0.4) is 0 Å². The van der Waals surface area contributed by atoms with Gasteiger partial charge in [-0.3, -0.25) is 14.9 Å². The number of aromatic hydroxyl groups is 1. The summed E-state index contributed by atoms with van der Waals surface area (Å²) < 4.78 is 0. The van der Waals surface area contributed by atoms with Gasteiger partial charge in [0.1, 0.15) is 5.75 Å². The first-order chi connectivity index (χ1) is 10.5. The van der Waals surface area contributed by atoms with E-state index >= 15 is 0 Å². The smallest absolute Gasteiger partial charge is 0.271 e. The second-order valence-electron chi connectivity index (χ2n) is 4.32. The van der Waals surface area contributed by atoms with Crippen molar-refractivity contribution in [3.05, 3.63) is 63.7 Å². The highest BCUT2D eigenvalue weighted by atomic mass is 16.6. The molecule has 0 unspecified atom stereocenters. The Morgan fingerprint density at radius 3 is 2.59 bits per heavy atom. The van der Waals surface area contributed by atoms with Gasteiger partial charge in [0.25, 0.3) is 11.6 Å². The molecule has 0 radical (unpaired) electrons. The van der Waals surface area contributed by atoms with Gasteiger partial charge in [-0.15, -0.1) is 0 Å². The van der Waals surface area contributed by atoms with Crippen molar-refractivity contribution in [2.75, 3.05) is 5.73 Å². The Bertz CT molecular complexity index is 741. The van der Waals surface area contributed by atoms with Gasteiger partial charge in [-0.25, -0.2) is 5.43 Å². The first-order valence-electron chi connectivity index (χ1n) is 6.14. The number of non-ortho nitro benzene ring substituents is 1. The fourth-order valence-electron chi connectivity index (χ4n) is 1.62. The molecule has 0 fully saturated rings. The average Bonchev–Trinajstić information content (AvgIpc) is 2.49. The van der Waals surface area contributed by atoms with Crippen molar-refractivity contribution in [1.82, 2.24) is 5.43 Å². The second-order valence-corrected chi connectivity index (χ2v) is 4.32. The van der Waals surface area contributed by atoms with Gasteiger partial charge in [-0.1, -0.05) is 0 Å². The minimum atomic E-state index is -0.594. The minimum absolute atomic E-state index is 0.117. The van der Waals surface area contributed by atoms with Crippen LogP contribution in [-0.2, 0) is 0 Å². The molecular weight excluding hydrogens is 288 g/mol. The number of anilines is 1. The molecule has 8 nitrogen and oxygen atoms in total. The van der Waals surface area contributed by atoms with E-state index in [0.717, 1.165) is 12.3 Å². The lowest BCUT2D eigenvalue weighted by Crippen LogP contribution is -2.17. The van der Waals surface area contributed by atoms with E-state index in [2.05, 4.69) is 10.5 Å². The van der Waals surface area contributed by atoms with Crippen molar-refractivity contribution >= 4 is 23.5 Å². The van der Waals surface area contributed by atoms with E-state index in [4.69, 9.17) is 5.73 Å². The summed E-state index contributed by atoms with van der Waals surface area (Å²) >= 11 is 0. The van der Waals surface area contributed by atoms with Gasteiger partial charge >= 0.3 is 0 Å². The SMILES string of the molecule is Nc1ccc(C(=O)NN=Cc2cc([N+](=O)[O-])ccc2O)cc1. The molecule has 0 aliphatic heterocycles. The highest BCUT2D eigenvalue weighted by Crippen LogP contribution is 2.21. The zero-order chi connectivity index (χ0) is 16.1. The number of hydrogen-bond donors (Lipinski definition) is 3. The van der Waals surface area contributed by atoms with Crippen molar-refractivity contribution < 1.29 is 14.8 Å². The van der Waals surface area contributed by atoms with Gasteiger partial charge in [0.15, 0.2) is 0 Å². The van der Waals surface area contributed by atoms with E-state index in [9.17, 15) is 20.0 Å². The molecule has 0 heterocycles. The van der Waals surface area contributed by atoms with Crippen LogP contribution in [0.25, 0.3) is 0 Å². The number of nitrogens with two attached hydrogens (primary N) is 1. The summed E-state index contributed by atoms with van der Waals surface area (Å²) in [5.74, 6) is -0.655. The summed E-state index contributed by atoms with van der Waals surface area (Å²) in [5, 5.41) is 23.9. The second kappa shape index (κ2) is 6.35. The lowest BCUT2D eigenvalue weighted by atomic mass is 10.2. The minimum Gasteiger partial charge on any atom is -0.507 e. The molecule has 0 bridgehead atoms. The lowest BCUT2D eigenvalue weighted by Gasteiger charge is -2.01. The molecule has 2 rings (SSSR count). The maximum absolute atomic E-state index is 11.8. The van der Waals surface area contributed by atoms with Crippen LogP contribution in [0.15, 0.2) is 47.6 Å². The van der Waals surface area contributed by atoms with Crippen molar-refractivity contribution in [3.63, 3.8) is 0 Å². The first kappa shape index (κ1) is 15.0. The van der Waals surface area contributed by atoms with E-state index in [1.165, 1.54) is 24.3 Å². The van der Waals surface area contributed by atoms with Gasteiger partial charge in [0.05, 0.1) is 11.1 Å². The molecule has 0 saturated heterocycles. The molecule has 0 aliphatic rings. The first-order valence-corrected chi connectivity index (χ1v) is 6.14. The number of benzene rings is 2. The Balaban J connectivity index is 2.09.